The topological polar surface area (TPSA) is 92.3 Å². The monoisotopic (exact) mass is 599 g/mol. The van der Waals surface area contributed by atoms with E-state index >= 15 is 0 Å². The number of H-pyrrole nitrogens is 1. The van der Waals surface area contributed by atoms with Crippen molar-refractivity contribution < 1.29 is 18.3 Å². The molecule has 1 aliphatic carbocycles. The minimum Gasteiger partial charge on any atom is -0.435 e. The number of anilines is 2. The van der Waals surface area contributed by atoms with Gasteiger partial charge in [-0.2, -0.15) is 8.78 Å². The Hall–Kier alpha value is -4.38. The summed E-state index contributed by atoms with van der Waals surface area (Å²) in [5.41, 5.74) is 6.96. The van der Waals surface area contributed by atoms with E-state index in [1.165, 1.54) is 5.57 Å². The molecule has 0 radical (unpaired) electrons. The molecule has 9 nitrogen and oxygen atoms in total. The number of hydrogen-bond donors (Lipinski definition) is 1. The largest absolute Gasteiger partial charge is 0.435 e. The number of aromatic amines is 1. The quantitative estimate of drug-likeness (QED) is 0.291. The Morgan fingerprint density at radius 3 is 2.39 bits per heavy atom. The second-order valence-corrected chi connectivity index (χ2v) is 11.9. The summed E-state index contributed by atoms with van der Waals surface area (Å²) >= 11 is 0. The third-order valence-electron chi connectivity index (χ3n) is 9.05. The molecule has 0 bridgehead atoms. The zero-order valence-corrected chi connectivity index (χ0v) is 24.9. The van der Waals surface area contributed by atoms with E-state index < -0.39 is 6.61 Å². The second-order valence-electron chi connectivity index (χ2n) is 11.9. The molecule has 0 spiro atoms. The first-order valence-electron chi connectivity index (χ1n) is 15.1. The molecule has 3 aliphatic rings. The summed E-state index contributed by atoms with van der Waals surface area (Å²) in [6.45, 7) is 6.29. The van der Waals surface area contributed by atoms with Crippen molar-refractivity contribution in [2.24, 2.45) is 0 Å². The Labute approximate surface area is 255 Å². The number of fused-ring (bicyclic) bond motifs is 1. The lowest BCUT2D eigenvalue weighted by atomic mass is 9.79. The minimum absolute atomic E-state index is 0.132. The third kappa shape index (κ3) is 5.52. The number of morpholine rings is 1. The van der Waals surface area contributed by atoms with E-state index in [0.29, 0.717) is 0 Å². The smallest absolute Gasteiger partial charge is 0.387 e. The van der Waals surface area contributed by atoms with E-state index in [-0.39, 0.29) is 11.2 Å². The van der Waals surface area contributed by atoms with Crippen molar-refractivity contribution in [2.45, 2.75) is 45.1 Å². The van der Waals surface area contributed by atoms with Crippen molar-refractivity contribution in [3.8, 4) is 17.0 Å². The van der Waals surface area contributed by atoms with Crippen LogP contribution in [0.25, 0.3) is 22.9 Å². The molecule has 0 amide bonds. The van der Waals surface area contributed by atoms with Gasteiger partial charge in [-0.1, -0.05) is 6.92 Å². The van der Waals surface area contributed by atoms with Gasteiger partial charge in [0.15, 0.2) is 0 Å². The average Bonchev–Trinajstić information content (AvgIpc) is 3.67. The summed E-state index contributed by atoms with van der Waals surface area (Å²) in [5, 5.41) is 0. The first-order valence-corrected chi connectivity index (χ1v) is 15.1. The number of nitrogens with one attached hydrogen (secondary N) is 1. The number of imidazole rings is 1. The highest BCUT2D eigenvalue weighted by Gasteiger charge is 2.36. The number of nitrogens with zero attached hydrogens (tertiary/aromatic N) is 6. The van der Waals surface area contributed by atoms with Crippen LogP contribution in [0.15, 0.2) is 48.9 Å². The normalized spacial score (nSPS) is 18.0. The molecule has 2 aliphatic heterocycles. The molecule has 228 valence electrons. The second kappa shape index (κ2) is 11.6. The van der Waals surface area contributed by atoms with Gasteiger partial charge >= 0.3 is 6.61 Å². The number of alkyl halides is 2. The maximum absolute atomic E-state index is 12.6. The van der Waals surface area contributed by atoms with Crippen LogP contribution in [0.1, 0.15) is 48.1 Å². The number of allylic oxidation sites excluding steroid dienone is 1. The fourth-order valence-corrected chi connectivity index (χ4v) is 6.38. The van der Waals surface area contributed by atoms with Crippen molar-refractivity contribution >= 4 is 23.3 Å². The summed E-state index contributed by atoms with van der Waals surface area (Å²) in [7, 11) is 0. The maximum Gasteiger partial charge on any atom is 0.387 e. The molecule has 3 aromatic heterocycles. The van der Waals surface area contributed by atoms with Crippen molar-refractivity contribution in [3.63, 3.8) is 0 Å². The Morgan fingerprint density at radius 1 is 0.932 bits per heavy atom. The van der Waals surface area contributed by atoms with Crippen LogP contribution in [0, 0.1) is 6.92 Å². The Morgan fingerprint density at radius 2 is 1.68 bits per heavy atom. The van der Waals surface area contributed by atoms with Gasteiger partial charge in [-0.3, -0.25) is 0 Å². The first kappa shape index (κ1) is 28.4. The van der Waals surface area contributed by atoms with Crippen LogP contribution in [0.2, 0.25) is 0 Å². The van der Waals surface area contributed by atoms with Crippen LogP contribution >= 0.6 is 0 Å². The van der Waals surface area contributed by atoms with Crippen LogP contribution in [0.4, 0.5) is 20.4 Å². The van der Waals surface area contributed by atoms with Gasteiger partial charge in [-0.15, -0.1) is 0 Å². The van der Waals surface area contributed by atoms with Gasteiger partial charge < -0.3 is 24.3 Å². The van der Waals surface area contributed by atoms with Crippen LogP contribution in [-0.4, -0.2) is 70.9 Å². The van der Waals surface area contributed by atoms with E-state index in [1.54, 1.807) is 30.6 Å². The molecule has 44 heavy (non-hydrogen) atoms. The van der Waals surface area contributed by atoms with E-state index in [2.05, 4.69) is 49.6 Å². The summed E-state index contributed by atoms with van der Waals surface area (Å²) in [5.74, 6) is 3.04. The van der Waals surface area contributed by atoms with E-state index in [9.17, 15) is 8.78 Å². The summed E-state index contributed by atoms with van der Waals surface area (Å²) in [6.07, 6.45) is 8.44. The minimum atomic E-state index is -2.85. The molecule has 5 heterocycles. The molecule has 0 unspecified atom stereocenters. The number of aryl methyl sites for hydroxylation is 1. The lowest BCUT2D eigenvalue weighted by molar-refractivity contribution is -0.0498. The molecule has 2 fully saturated rings. The van der Waals surface area contributed by atoms with Crippen molar-refractivity contribution in [3.05, 3.63) is 77.3 Å². The van der Waals surface area contributed by atoms with Gasteiger partial charge in [0.1, 0.15) is 29.5 Å². The van der Waals surface area contributed by atoms with Crippen LogP contribution in [0.5, 0.6) is 5.75 Å². The molecule has 0 saturated carbocycles. The fourth-order valence-electron chi connectivity index (χ4n) is 6.38. The van der Waals surface area contributed by atoms with Crippen LogP contribution in [-0.2, 0) is 16.6 Å². The lowest BCUT2D eigenvalue weighted by Crippen LogP contribution is -2.42. The average molecular weight is 600 g/mol. The molecular weight excluding hydrogens is 564 g/mol. The number of aromatic nitrogens is 5. The standard InChI is InChI=1S/C33H35F2N7O2/c1-21-29(22-3-6-25(7-4-22)44-32(34)35)40-31(39-21)33(2)9-11-42(12-10-33)30-26-17-24(18-27(26)37-20-38-30)23-5-8-28(36-19-23)41-13-15-43-16-14-41/h3-8,17,19-20,32H,9-16,18H2,1-2H3,(H,39,40). The third-order valence-corrected chi connectivity index (χ3v) is 9.05. The molecule has 4 aromatic rings. The highest BCUT2D eigenvalue weighted by atomic mass is 19.3. The Bertz CT molecular complexity index is 1660. The van der Waals surface area contributed by atoms with E-state index in [4.69, 9.17) is 19.7 Å². The number of ether oxygens (including phenoxy) is 2. The molecule has 11 heteroatoms. The van der Waals surface area contributed by atoms with Crippen LogP contribution in [0.3, 0.4) is 0 Å². The van der Waals surface area contributed by atoms with Gasteiger partial charge in [-0.25, -0.2) is 19.9 Å². The van der Waals surface area contributed by atoms with Gasteiger partial charge in [-0.05, 0) is 73.4 Å². The number of pyridine rings is 1. The number of piperidine rings is 1. The van der Waals surface area contributed by atoms with Crippen molar-refractivity contribution in [1.82, 2.24) is 24.9 Å². The highest BCUT2D eigenvalue weighted by molar-refractivity contribution is 5.91. The predicted molar refractivity (Wildman–Crippen MR) is 165 cm³/mol. The molecule has 7 rings (SSSR count). The number of benzene rings is 1. The van der Waals surface area contributed by atoms with Crippen molar-refractivity contribution in [1.29, 1.82) is 0 Å². The van der Waals surface area contributed by atoms with Gasteiger partial charge in [0, 0.05) is 61.0 Å². The van der Waals surface area contributed by atoms with E-state index in [0.717, 1.165) is 110 Å². The molecule has 1 aromatic carbocycles. The first-order chi connectivity index (χ1) is 21.4. The fraction of sp³-hybridized carbons (Fsp3) is 0.394. The van der Waals surface area contributed by atoms with Gasteiger partial charge in [0.2, 0.25) is 0 Å². The zero-order valence-electron chi connectivity index (χ0n) is 24.9. The summed E-state index contributed by atoms with van der Waals surface area (Å²) < 4.78 is 35.1. The summed E-state index contributed by atoms with van der Waals surface area (Å²) in [6, 6.07) is 10.9. The molecular formula is C33H35F2N7O2. The van der Waals surface area contributed by atoms with Gasteiger partial charge in [0.25, 0.3) is 0 Å². The predicted octanol–water partition coefficient (Wildman–Crippen LogP) is 5.66. The Balaban J connectivity index is 1.05. The van der Waals surface area contributed by atoms with Crippen LogP contribution < -0.4 is 14.5 Å². The molecule has 1 N–H and O–H groups in total. The number of halogens is 2. The number of rotatable bonds is 7. The Kier molecular flexibility index (Phi) is 7.49. The highest BCUT2D eigenvalue weighted by Crippen LogP contribution is 2.40. The van der Waals surface area contributed by atoms with E-state index in [1.807, 2.05) is 13.1 Å². The van der Waals surface area contributed by atoms with Gasteiger partial charge in [0.05, 0.1) is 24.6 Å². The van der Waals surface area contributed by atoms with Crippen molar-refractivity contribution in [2.75, 3.05) is 49.2 Å². The SMILES string of the molecule is Cc1[nH]c(C2(C)CCN(c3ncnc4c3C=C(c3ccc(N5CCOCC5)nc3)C4)CC2)nc1-c1ccc(OC(F)F)cc1. The number of hydrogen-bond acceptors (Lipinski definition) is 8. The molecule has 0 atom stereocenters. The zero-order chi connectivity index (χ0) is 30.3. The maximum atomic E-state index is 12.6. The lowest BCUT2D eigenvalue weighted by Gasteiger charge is -2.39. The molecule has 2 saturated heterocycles. The summed E-state index contributed by atoms with van der Waals surface area (Å²) in [4.78, 5) is 27.2.